The molecule has 0 radical (unpaired) electrons. The number of aliphatic carboxylic acids is 1. The van der Waals surface area contributed by atoms with Crippen LogP contribution >= 0.6 is 0 Å². The number of rotatable bonds is 13. The van der Waals surface area contributed by atoms with Crippen LogP contribution in [0.15, 0.2) is 30.3 Å². The first kappa shape index (κ1) is 22.4. The normalized spacial score (nSPS) is 13.1. The van der Waals surface area contributed by atoms with Crippen molar-refractivity contribution in [3.8, 4) is 5.75 Å². The van der Waals surface area contributed by atoms with Gasteiger partial charge >= 0.3 is 14.8 Å². The zero-order chi connectivity index (χ0) is 19.4. The lowest BCUT2D eigenvalue weighted by Crippen LogP contribution is -2.58. The van der Waals surface area contributed by atoms with Crippen molar-refractivity contribution in [1.82, 2.24) is 0 Å². The van der Waals surface area contributed by atoms with Crippen LogP contribution in [0.4, 0.5) is 0 Å². The van der Waals surface area contributed by atoms with Gasteiger partial charge in [0.15, 0.2) is 5.73 Å². The van der Waals surface area contributed by atoms with E-state index < -0.39 is 14.8 Å². The highest BCUT2D eigenvalue weighted by atomic mass is 28.4. The lowest BCUT2D eigenvalue weighted by atomic mass is 10.2. The highest BCUT2D eigenvalue weighted by Gasteiger charge is 2.51. The molecule has 0 spiro atoms. The Hall–Kier alpha value is -1.67. The van der Waals surface area contributed by atoms with Crippen molar-refractivity contribution < 1.29 is 27.9 Å². The second-order valence-corrected chi connectivity index (χ2v) is 8.26. The van der Waals surface area contributed by atoms with Gasteiger partial charge in [-0.05, 0) is 51.0 Å². The van der Waals surface area contributed by atoms with Gasteiger partial charge in [0.05, 0.1) is 0 Å². The van der Waals surface area contributed by atoms with Crippen molar-refractivity contribution in [3.63, 3.8) is 0 Å². The van der Waals surface area contributed by atoms with E-state index in [9.17, 15) is 4.79 Å². The van der Waals surface area contributed by atoms with Gasteiger partial charge in [-0.15, -0.1) is 0 Å². The fraction of sp³-hybridized carbons (Fsp3) is 0.526. The average Bonchev–Trinajstić information content (AvgIpc) is 2.60. The minimum absolute atomic E-state index is 0.328. The van der Waals surface area contributed by atoms with Crippen LogP contribution in [0.5, 0.6) is 5.75 Å². The summed E-state index contributed by atoms with van der Waals surface area (Å²) in [6.07, 6.45) is 4.26. The molecule has 0 fully saturated rings. The standard InChI is InChI=1S/C19H30O6Si/c1-5-10-19(26(22-6-2,23-7-3)24-8-4)25-17-12-9-11-16(15-17)13-14-18(20)21/h9,11-15,19H,5-8,10H2,1-4H3,(H,20,21)/b14-13+. The van der Waals surface area contributed by atoms with Crippen LogP contribution in [0.25, 0.3) is 6.08 Å². The maximum atomic E-state index is 10.7. The summed E-state index contributed by atoms with van der Waals surface area (Å²) in [5, 5.41) is 8.78. The zero-order valence-corrected chi connectivity index (χ0v) is 17.1. The van der Waals surface area contributed by atoms with Crippen molar-refractivity contribution in [2.75, 3.05) is 19.8 Å². The third-order valence-corrected chi connectivity index (χ3v) is 6.80. The SMILES string of the molecule is CCCC(Oc1cccc(/C=C/C(=O)O)c1)[Si](OCC)(OCC)OCC. The van der Waals surface area contributed by atoms with E-state index in [1.807, 2.05) is 39.0 Å². The molecule has 7 heteroatoms. The maximum absolute atomic E-state index is 10.7. The summed E-state index contributed by atoms with van der Waals surface area (Å²) in [6, 6.07) is 7.28. The summed E-state index contributed by atoms with van der Waals surface area (Å²) in [7, 11) is -3.02. The number of carboxylic acids is 1. The second kappa shape index (κ2) is 11.8. The number of ether oxygens (including phenoxy) is 1. The predicted octanol–water partition coefficient (Wildman–Crippen LogP) is 3.92. The minimum Gasteiger partial charge on any atom is -0.486 e. The van der Waals surface area contributed by atoms with Gasteiger partial charge in [0, 0.05) is 25.9 Å². The van der Waals surface area contributed by atoms with Crippen LogP contribution in [0, 0.1) is 0 Å². The van der Waals surface area contributed by atoms with Gasteiger partial charge in [-0.1, -0.05) is 25.5 Å². The zero-order valence-electron chi connectivity index (χ0n) is 16.1. The molecule has 1 aromatic carbocycles. The Balaban J connectivity index is 3.11. The average molecular weight is 383 g/mol. The highest BCUT2D eigenvalue weighted by Crippen LogP contribution is 2.25. The topological polar surface area (TPSA) is 74.2 Å². The minimum atomic E-state index is -3.02. The van der Waals surface area contributed by atoms with E-state index in [1.165, 1.54) is 6.08 Å². The Morgan fingerprint density at radius 3 is 2.23 bits per heavy atom. The first-order valence-corrected chi connectivity index (χ1v) is 10.9. The van der Waals surface area contributed by atoms with Gasteiger partial charge in [-0.25, -0.2) is 4.79 Å². The third-order valence-electron chi connectivity index (χ3n) is 3.54. The summed E-state index contributed by atoms with van der Waals surface area (Å²) in [5.74, 6) is -0.359. The Morgan fingerprint density at radius 1 is 1.12 bits per heavy atom. The molecule has 1 N–H and O–H groups in total. The molecular formula is C19H30O6Si. The molecule has 0 aliphatic rings. The van der Waals surface area contributed by atoms with Gasteiger partial charge in [0.25, 0.3) is 0 Å². The van der Waals surface area contributed by atoms with Crippen molar-refractivity contribution in [1.29, 1.82) is 0 Å². The molecular weight excluding hydrogens is 352 g/mol. The molecule has 6 nitrogen and oxygen atoms in total. The fourth-order valence-electron chi connectivity index (χ4n) is 2.60. The molecule has 0 bridgehead atoms. The second-order valence-electron chi connectivity index (χ2n) is 5.54. The van der Waals surface area contributed by atoms with Crippen LogP contribution in [-0.4, -0.2) is 45.4 Å². The number of benzene rings is 1. The van der Waals surface area contributed by atoms with E-state index >= 15 is 0 Å². The smallest absolute Gasteiger partial charge is 0.486 e. The molecule has 26 heavy (non-hydrogen) atoms. The molecule has 0 saturated carbocycles. The predicted molar refractivity (Wildman–Crippen MR) is 103 cm³/mol. The largest absolute Gasteiger partial charge is 0.543 e. The lowest BCUT2D eigenvalue weighted by molar-refractivity contribution is -0.131. The molecule has 1 rings (SSSR count). The Morgan fingerprint density at radius 2 is 1.73 bits per heavy atom. The molecule has 146 valence electrons. The molecule has 1 atom stereocenters. The van der Waals surface area contributed by atoms with E-state index in [4.69, 9.17) is 23.1 Å². The maximum Gasteiger partial charge on any atom is 0.543 e. The van der Waals surface area contributed by atoms with E-state index in [1.54, 1.807) is 6.07 Å². The van der Waals surface area contributed by atoms with E-state index in [0.717, 1.165) is 24.5 Å². The molecule has 1 aromatic rings. The Bertz CT molecular complexity index is 558. The number of carbonyl (C=O) groups is 1. The van der Waals surface area contributed by atoms with Crippen LogP contribution in [-0.2, 0) is 18.1 Å². The van der Waals surface area contributed by atoms with Gasteiger partial charge in [0.1, 0.15) is 5.75 Å². The Labute approximate surface area is 157 Å². The molecule has 0 amide bonds. The molecule has 0 aromatic heterocycles. The lowest BCUT2D eigenvalue weighted by Gasteiger charge is -2.35. The number of carboxylic acid groups (broad SMARTS) is 1. The molecule has 0 heterocycles. The summed E-state index contributed by atoms with van der Waals surface area (Å²) in [5.41, 5.74) is 0.419. The highest BCUT2D eigenvalue weighted by molar-refractivity contribution is 6.62. The first-order valence-electron chi connectivity index (χ1n) is 9.10. The fourth-order valence-corrected chi connectivity index (χ4v) is 5.54. The van der Waals surface area contributed by atoms with E-state index in [2.05, 4.69) is 6.92 Å². The van der Waals surface area contributed by atoms with Gasteiger partial charge in [-0.3, -0.25) is 0 Å². The van der Waals surface area contributed by atoms with Gasteiger partial charge in [0.2, 0.25) is 0 Å². The summed E-state index contributed by atoms with van der Waals surface area (Å²) >= 11 is 0. The van der Waals surface area contributed by atoms with Gasteiger partial charge < -0.3 is 23.1 Å². The first-order chi connectivity index (χ1) is 12.5. The van der Waals surface area contributed by atoms with Crippen LogP contribution in [0.3, 0.4) is 0 Å². The molecule has 0 aliphatic carbocycles. The van der Waals surface area contributed by atoms with E-state index in [0.29, 0.717) is 25.6 Å². The van der Waals surface area contributed by atoms with Gasteiger partial charge in [-0.2, -0.15) is 0 Å². The number of hydrogen-bond acceptors (Lipinski definition) is 5. The Kier molecular flexibility index (Phi) is 10.2. The summed E-state index contributed by atoms with van der Waals surface area (Å²) < 4.78 is 24.2. The molecule has 0 aliphatic heterocycles. The molecule has 0 saturated heterocycles. The third kappa shape index (κ3) is 6.91. The molecule has 1 unspecified atom stereocenters. The van der Waals surface area contributed by atoms with Crippen molar-refractivity contribution >= 4 is 20.8 Å². The quantitative estimate of drug-likeness (QED) is 0.412. The summed E-state index contributed by atoms with van der Waals surface area (Å²) in [4.78, 5) is 10.7. The van der Waals surface area contributed by atoms with Crippen molar-refractivity contribution in [2.24, 2.45) is 0 Å². The monoisotopic (exact) mass is 382 g/mol. The van der Waals surface area contributed by atoms with Crippen LogP contribution in [0.2, 0.25) is 0 Å². The van der Waals surface area contributed by atoms with E-state index in [-0.39, 0.29) is 5.73 Å². The van der Waals surface area contributed by atoms with Crippen molar-refractivity contribution in [2.45, 2.75) is 46.3 Å². The summed E-state index contributed by atoms with van der Waals surface area (Å²) in [6.45, 7) is 9.28. The van der Waals surface area contributed by atoms with Crippen LogP contribution in [0.1, 0.15) is 46.1 Å². The van der Waals surface area contributed by atoms with Crippen LogP contribution < -0.4 is 4.74 Å². The van der Waals surface area contributed by atoms with Crippen molar-refractivity contribution in [3.05, 3.63) is 35.9 Å². The number of hydrogen-bond donors (Lipinski definition) is 1.